The van der Waals surface area contributed by atoms with Crippen molar-refractivity contribution in [2.45, 2.75) is 51.1 Å². The summed E-state index contributed by atoms with van der Waals surface area (Å²) in [5, 5.41) is 11.4. The molecular formula is C22H25N5O2. The maximum atomic E-state index is 13.1. The van der Waals surface area contributed by atoms with Crippen LogP contribution in [0.4, 0.5) is 0 Å². The van der Waals surface area contributed by atoms with E-state index >= 15 is 0 Å². The number of carbonyl (C=O) groups excluding carboxylic acids is 2. The molecule has 0 saturated heterocycles. The summed E-state index contributed by atoms with van der Waals surface area (Å²) < 4.78 is 0. The summed E-state index contributed by atoms with van der Waals surface area (Å²) >= 11 is 0. The van der Waals surface area contributed by atoms with E-state index in [1.165, 1.54) is 6.42 Å². The zero-order valence-corrected chi connectivity index (χ0v) is 16.3. The Kier molecular flexibility index (Phi) is 4.58. The van der Waals surface area contributed by atoms with Crippen LogP contribution in [0.15, 0.2) is 30.3 Å². The van der Waals surface area contributed by atoms with E-state index < -0.39 is 0 Å². The van der Waals surface area contributed by atoms with Crippen molar-refractivity contribution in [3.8, 4) is 0 Å². The zero-order chi connectivity index (χ0) is 19.8. The Morgan fingerprint density at radius 1 is 1.14 bits per heavy atom. The van der Waals surface area contributed by atoms with Crippen molar-refractivity contribution in [1.29, 1.82) is 0 Å². The molecule has 1 saturated carbocycles. The monoisotopic (exact) mass is 391 g/mol. The minimum atomic E-state index is -0.130. The van der Waals surface area contributed by atoms with Gasteiger partial charge in [-0.3, -0.25) is 14.7 Å². The third-order valence-corrected chi connectivity index (χ3v) is 6.14. The number of nitrogens with one attached hydrogen (secondary N) is 3. The summed E-state index contributed by atoms with van der Waals surface area (Å²) in [6.07, 6.45) is 6.31. The highest BCUT2D eigenvalue weighted by molar-refractivity contribution is 5.98. The van der Waals surface area contributed by atoms with Gasteiger partial charge >= 0.3 is 0 Å². The van der Waals surface area contributed by atoms with Crippen LogP contribution in [0.3, 0.4) is 0 Å². The molecule has 0 unspecified atom stereocenters. The average Bonchev–Trinajstić information content (AvgIpc) is 3.37. The number of hydrogen-bond acceptors (Lipinski definition) is 3. The van der Waals surface area contributed by atoms with Crippen LogP contribution in [0.25, 0.3) is 10.9 Å². The van der Waals surface area contributed by atoms with E-state index in [1.54, 1.807) is 4.90 Å². The van der Waals surface area contributed by atoms with E-state index in [2.05, 4.69) is 20.5 Å². The molecule has 0 atom stereocenters. The van der Waals surface area contributed by atoms with Gasteiger partial charge in [-0.25, -0.2) is 0 Å². The summed E-state index contributed by atoms with van der Waals surface area (Å²) in [5.74, 6) is -0.180. The van der Waals surface area contributed by atoms with Crippen molar-refractivity contribution in [2.75, 3.05) is 6.54 Å². The number of hydrogen-bond donors (Lipinski definition) is 3. The average molecular weight is 391 g/mol. The van der Waals surface area contributed by atoms with Crippen LogP contribution >= 0.6 is 0 Å². The van der Waals surface area contributed by atoms with Gasteiger partial charge in [-0.2, -0.15) is 5.10 Å². The number of fused-ring (bicyclic) bond motifs is 2. The van der Waals surface area contributed by atoms with Gasteiger partial charge in [0.25, 0.3) is 11.8 Å². The van der Waals surface area contributed by atoms with Crippen LogP contribution in [0.2, 0.25) is 0 Å². The number of amides is 2. The van der Waals surface area contributed by atoms with Crippen LogP contribution in [-0.4, -0.2) is 44.5 Å². The number of para-hydroxylation sites is 1. The Hall–Kier alpha value is -3.09. The number of benzene rings is 1. The standard InChI is InChI=1S/C22H25N5O2/c28-21(23-15-7-2-1-3-8-15)20-16-13-27(11-10-18(16)25-26-20)22(29)19-12-14-6-4-5-9-17(14)24-19/h4-6,9,12,15,24H,1-3,7-8,10-11,13H2,(H,23,28)(H,25,26). The zero-order valence-electron chi connectivity index (χ0n) is 16.3. The molecule has 1 aliphatic carbocycles. The smallest absolute Gasteiger partial charge is 0.272 e. The predicted octanol–water partition coefficient (Wildman–Crippen LogP) is 3.15. The molecule has 3 aromatic rings. The van der Waals surface area contributed by atoms with Gasteiger partial charge in [0.2, 0.25) is 0 Å². The molecule has 1 fully saturated rings. The summed E-state index contributed by atoms with van der Waals surface area (Å²) in [4.78, 5) is 30.9. The van der Waals surface area contributed by atoms with Crippen LogP contribution in [0.1, 0.15) is 64.3 Å². The minimum absolute atomic E-state index is 0.0494. The third-order valence-electron chi connectivity index (χ3n) is 6.14. The highest BCUT2D eigenvalue weighted by Crippen LogP contribution is 2.24. The number of rotatable bonds is 3. The lowest BCUT2D eigenvalue weighted by Crippen LogP contribution is -2.39. The molecule has 3 heterocycles. The molecule has 2 aromatic heterocycles. The maximum absolute atomic E-state index is 13.1. The predicted molar refractivity (Wildman–Crippen MR) is 110 cm³/mol. The second kappa shape index (κ2) is 7.39. The van der Waals surface area contributed by atoms with E-state index in [4.69, 9.17) is 0 Å². The number of aromatic nitrogens is 3. The molecule has 150 valence electrons. The van der Waals surface area contributed by atoms with Crippen molar-refractivity contribution < 1.29 is 9.59 Å². The lowest BCUT2D eigenvalue weighted by atomic mass is 9.95. The van der Waals surface area contributed by atoms with E-state index in [0.29, 0.717) is 30.9 Å². The van der Waals surface area contributed by atoms with Crippen LogP contribution in [0.5, 0.6) is 0 Å². The van der Waals surface area contributed by atoms with Gasteiger partial charge in [0, 0.05) is 41.2 Å². The Labute approximate surface area is 168 Å². The molecule has 29 heavy (non-hydrogen) atoms. The van der Waals surface area contributed by atoms with Crippen molar-refractivity contribution in [3.05, 3.63) is 53.0 Å². The summed E-state index contributed by atoms with van der Waals surface area (Å²) in [6, 6.07) is 9.98. The van der Waals surface area contributed by atoms with Crippen LogP contribution in [0, 0.1) is 0 Å². The van der Waals surface area contributed by atoms with Crippen LogP contribution in [-0.2, 0) is 13.0 Å². The fourth-order valence-corrected chi connectivity index (χ4v) is 4.52. The molecule has 0 bridgehead atoms. The molecule has 3 N–H and O–H groups in total. The van der Waals surface area contributed by atoms with Gasteiger partial charge in [0.05, 0.1) is 6.54 Å². The third kappa shape index (κ3) is 3.41. The Morgan fingerprint density at radius 3 is 2.79 bits per heavy atom. The fraction of sp³-hybridized carbons (Fsp3) is 0.409. The van der Waals surface area contributed by atoms with Crippen molar-refractivity contribution in [3.63, 3.8) is 0 Å². The van der Waals surface area contributed by atoms with Gasteiger partial charge in [0.15, 0.2) is 5.69 Å². The second-order valence-electron chi connectivity index (χ2n) is 8.08. The van der Waals surface area contributed by atoms with E-state index in [1.807, 2.05) is 30.3 Å². The SMILES string of the molecule is O=C(NC1CCCCC1)c1n[nH]c2c1CN(C(=O)c1cc3ccccc3[nH]1)CC2. The van der Waals surface area contributed by atoms with E-state index in [-0.39, 0.29) is 17.9 Å². The molecule has 0 spiro atoms. The molecular weight excluding hydrogens is 366 g/mol. The lowest BCUT2D eigenvalue weighted by molar-refractivity contribution is 0.0726. The Balaban J connectivity index is 1.34. The first-order chi connectivity index (χ1) is 14.2. The Bertz CT molecular complexity index is 1030. The quantitative estimate of drug-likeness (QED) is 0.640. The molecule has 0 radical (unpaired) electrons. The first-order valence-electron chi connectivity index (χ1n) is 10.4. The van der Waals surface area contributed by atoms with Gasteiger partial charge in [-0.15, -0.1) is 0 Å². The normalized spacial score (nSPS) is 17.3. The van der Waals surface area contributed by atoms with Crippen molar-refractivity contribution >= 4 is 22.7 Å². The molecule has 2 aliphatic rings. The largest absolute Gasteiger partial charge is 0.351 e. The number of nitrogens with zero attached hydrogens (tertiary/aromatic N) is 2. The highest BCUT2D eigenvalue weighted by atomic mass is 16.2. The minimum Gasteiger partial charge on any atom is -0.351 e. The van der Waals surface area contributed by atoms with Crippen LogP contribution < -0.4 is 5.32 Å². The molecule has 1 aromatic carbocycles. The molecule has 5 rings (SSSR count). The van der Waals surface area contributed by atoms with Crippen molar-refractivity contribution in [2.24, 2.45) is 0 Å². The second-order valence-corrected chi connectivity index (χ2v) is 8.08. The number of aromatic amines is 2. The first-order valence-corrected chi connectivity index (χ1v) is 10.4. The summed E-state index contributed by atoms with van der Waals surface area (Å²) in [7, 11) is 0. The molecule has 2 amide bonds. The highest BCUT2D eigenvalue weighted by Gasteiger charge is 2.29. The molecule has 1 aliphatic heterocycles. The lowest BCUT2D eigenvalue weighted by Gasteiger charge is -2.27. The summed E-state index contributed by atoms with van der Waals surface area (Å²) in [6.45, 7) is 1.00. The van der Waals surface area contributed by atoms with Gasteiger partial charge in [0.1, 0.15) is 5.69 Å². The van der Waals surface area contributed by atoms with Gasteiger partial charge in [-0.1, -0.05) is 37.5 Å². The van der Waals surface area contributed by atoms with Gasteiger partial charge < -0.3 is 15.2 Å². The Morgan fingerprint density at radius 2 is 1.97 bits per heavy atom. The molecule has 7 nitrogen and oxygen atoms in total. The number of H-pyrrole nitrogens is 2. The van der Waals surface area contributed by atoms with E-state index in [9.17, 15) is 9.59 Å². The fourth-order valence-electron chi connectivity index (χ4n) is 4.52. The van der Waals surface area contributed by atoms with Gasteiger partial charge in [-0.05, 0) is 25.0 Å². The van der Waals surface area contributed by atoms with Crippen molar-refractivity contribution in [1.82, 2.24) is 25.4 Å². The summed E-state index contributed by atoms with van der Waals surface area (Å²) in [5.41, 5.74) is 3.75. The number of carbonyl (C=O) groups is 2. The molecule has 7 heteroatoms. The van der Waals surface area contributed by atoms with E-state index in [0.717, 1.165) is 47.8 Å². The first kappa shape index (κ1) is 18.0. The topological polar surface area (TPSA) is 93.9 Å². The maximum Gasteiger partial charge on any atom is 0.272 e.